The summed E-state index contributed by atoms with van der Waals surface area (Å²) in [5.41, 5.74) is 0. The molecule has 2 nitrogen and oxygen atoms in total. The summed E-state index contributed by atoms with van der Waals surface area (Å²) >= 11 is 10.9. The summed E-state index contributed by atoms with van der Waals surface area (Å²) in [6.07, 6.45) is 1.64. The fourth-order valence-corrected chi connectivity index (χ4v) is 2.46. The largest absolute Gasteiger partial charge is 0.247 e. The van der Waals surface area contributed by atoms with Gasteiger partial charge >= 0.3 is 0 Å². The van der Waals surface area contributed by atoms with Crippen molar-refractivity contribution in [2.45, 2.75) is 18.7 Å². The van der Waals surface area contributed by atoms with E-state index in [1.165, 1.54) is 0 Å². The van der Waals surface area contributed by atoms with Gasteiger partial charge in [0.25, 0.3) is 0 Å². The van der Waals surface area contributed by atoms with Crippen LogP contribution in [-0.2, 0) is 0 Å². The van der Waals surface area contributed by atoms with Crippen LogP contribution in [0.25, 0.3) is 0 Å². The van der Waals surface area contributed by atoms with E-state index in [0.717, 1.165) is 22.6 Å². The van der Waals surface area contributed by atoms with Crippen LogP contribution in [0.2, 0.25) is 5.02 Å². The molecule has 1 heterocycles. The number of halogens is 2. The van der Waals surface area contributed by atoms with Crippen LogP contribution in [0.1, 0.15) is 13.8 Å². The van der Waals surface area contributed by atoms with Crippen LogP contribution in [0.15, 0.2) is 21.8 Å². The highest BCUT2D eigenvalue weighted by molar-refractivity contribution is 9.10. The molecule has 0 bridgehead atoms. The van der Waals surface area contributed by atoms with Crippen molar-refractivity contribution < 1.29 is 0 Å². The monoisotopic (exact) mass is 294 g/mol. The Hall–Kier alpha value is 0.230. The Balaban J connectivity index is 2.79. The maximum Gasteiger partial charge on any atom is 0.121 e. The Bertz CT molecular complexity index is 305. The summed E-state index contributed by atoms with van der Waals surface area (Å²) in [4.78, 5) is 5.19. The smallest absolute Gasteiger partial charge is 0.121 e. The van der Waals surface area contributed by atoms with Gasteiger partial charge in [-0.05, 0) is 33.9 Å². The second-order valence-electron chi connectivity index (χ2n) is 2.65. The van der Waals surface area contributed by atoms with Gasteiger partial charge in [-0.2, -0.15) is 0 Å². The first-order chi connectivity index (χ1) is 6.67. The molecule has 78 valence electrons. The first-order valence-corrected chi connectivity index (χ1v) is 6.35. The van der Waals surface area contributed by atoms with Crippen molar-refractivity contribution >= 4 is 39.5 Å². The fourth-order valence-electron chi connectivity index (χ4n) is 0.960. The first kappa shape index (κ1) is 12.3. The van der Waals surface area contributed by atoms with E-state index in [-0.39, 0.29) is 0 Å². The molecular weight excluding hydrogens is 284 g/mol. The van der Waals surface area contributed by atoms with Crippen LogP contribution < -0.4 is 0 Å². The number of rotatable bonds is 4. The quantitative estimate of drug-likeness (QED) is 0.620. The molecular formula is C9H12BrClN2S. The predicted octanol–water partition coefficient (Wildman–Crippen LogP) is 3.85. The lowest BCUT2D eigenvalue weighted by atomic mass is 10.5. The topological polar surface area (TPSA) is 16.1 Å². The molecule has 0 saturated heterocycles. The maximum absolute atomic E-state index is 5.87. The molecule has 1 rings (SSSR count). The molecule has 0 aliphatic heterocycles. The van der Waals surface area contributed by atoms with E-state index in [9.17, 15) is 0 Å². The highest BCUT2D eigenvalue weighted by Gasteiger charge is 2.07. The Morgan fingerprint density at radius 1 is 1.50 bits per heavy atom. The summed E-state index contributed by atoms with van der Waals surface area (Å²) in [6, 6.07) is 1.92. The fraction of sp³-hybridized carbons (Fsp3) is 0.444. The molecule has 14 heavy (non-hydrogen) atoms. The lowest BCUT2D eigenvalue weighted by Gasteiger charge is -2.16. The number of hydrogen-bond acceptors (Lipinski definition) is 3. The number of hydrogen-bond donors (Lipinski definition) is 0. The molecule has 0 N–H and O–H groups in total. The Labute approximate surface area is 102 Å². The van der Waals surface area contributed by atoms with Crippen molar-refractivity contribution in [1.29, 1.82) is 0 Å². The van der Waals surface area contributed by atoms with E-state index in [1.807, 2.05) is 6.07 Å². The van der Waals surface area contributed by atoms with E-state index < -0.39 is 0 Å². The molecule has 0 saturated carbocycles. The predicted molar refractivity (Wildman–Crippen MR) is 65.7 cm³/mol. The van der Waals surface area contributed by atoms with Crippen LogP contribution >= 0.6 is 39.5 Å². The minimum Gasteiger partial charge on any atom is -0.247 e. The van der Waals surface area contributed by atoms with Gasteiger partial charge in [0.15, 0.2) is 0 Å². The molecule has 1 aromatic heterocycles. The van der Waals surface area contributed by atoms with E-state index in [4.69, 9.17) is 11.6 Å². The normalized spacial score (nSPS) is 10.9. The van der Waals surface area contributed by atoms with Gasteiger partial charge in [0.1, 0.15) is 4.60 Å². The molecule has 0 unspecified atom stereocenters. The van der Waals surface area contributed by atoms with Crippen molar-refractivity contribution in [1.82, 2.24) is 9.29 Å². The van der Waals surface area contributed by atoms with Crippen molar-refractivity contribution in [3.8, 4) is 0 Å². The molecule has 0 fully saturated rings. The average molecular weight is 296 g/mol. The zero-order valence-corrected chi connectivity index (χ0v) is 11.3. The number of aromatic nitrogens is 1. The highest BCUT2D eigenvalue weighted by atomic mass is 79.9. The lowest BCUT2D eigenvalue weighted by Crippen LogP contribution is -2.13. The maximum atomic E-state index is 5.87. The van der Waals surface area contributed by atoms with Crippen LogP contribution in [0.4, 0.5) is 0 Å². The SMILES string of the molecule is CCN(CC)Sc1cc(Cl)cnc1Br. The molecule has 0 spiro atoms. The molecule has 0 radical (unpaired) electrons. The first-order valence-electron chi connectivity index (χ1n) is 4.41. The van der Waals surface area contributed by atoms with E-state index in [2.05, 4.69) is 39.1 Å². The average Bonchev–Trinajstić information content (AvgIpc) is 2.19. The van der Waals surface area contributed by atoms with Gasteiger partial charge in [-0.15, -0.1) is 0 Å². The Morgan fingerprint density at radius 3 is 2.71 bits per heavy atom. The highest BCUT2D eigenvalue weighted by Crippen LogP contribution is 2.30. The molecule has 0 aliphatic rings. The number of nitrogens with zero attached hydrogens (tertiary/aromatic N) is 2. The van der Waals surface area contributed by atoms with Crippen molar-refractivity contribution in [3.05, 3.63) is 21.9 Å². The van der Waals surface area contributed by atoms with Gasteiger partial charge in [0, 0.05) is 19.3 Å². The Kier molecular flexibility index (Phi) is 5.23. The summed E-state index contributed by atoms with van der Waals surface area (Å²) < 4.78 is 3.08. The molecule has 0 aromatic carbocycles. The number of pyridine rings is 1. The van der Waals surface area contributed by atoms with Gasteiger partial charge in [-0.25, -0.2) is 9.29 Å². The Morgan fingerprint density at radius 2 is 2.14 bits per heavy atom. The third kappa shape index (κ3) is 3.42. The standard InChI is InChI=1S/C9H12BrClN2S/c1-3-13(4-2)14-8-5-7(11)6-12-9(8)10/h5-6H,3-4H2,1-2H3. The summed E-state index contributed by atoms with van der Waals surface area (Å²) in [5, 5.41) is 0.669. The molecule has 0 atom stereocenters. The summed E-state index contributed by atoms with van der Waals surface area (Å²) in [6.45, 7) is 6.25. The van der Waals surface area contributed by atoms with E-state index in [1.54, 1.807) is 18.1 Å². The van der Waals surface area contributed by atoms with Crippen LogP contribution in [0.5, 0.6) is 0 Å². The van der Waals surface area contributed by atoms with Gasteiger partial charge in [-0.3, -0.25) is 0 Å². The minimum absolute atomic E-state index is 0.669. The van der Waals surface area contributed by atoms with E-state index in [0.29, 0.717) is 5.02 Å². The lowest BCUT2D eigenvalue weighted by molar-refractivity contribution is 0.524. The van der Waals surface area contributed by atoms with Crippen LogP contribution in [0.3, 0.4) is 0 Å². The van der Waals surface area contributed by atoms with Crippen molar-refractivity contribution in [2.75, 3.05) is 13.1 Å². The second kappa shape index (κ2) is 5.95. The van der Waals surface area contributed by atoms with Crippen molar-refractivity contribution in [3.63, 3.8) is 0 Å². The van der Waals surface area contributed by atoms with Gasteiger partial charge in [0.05, 0.1) is 9.92 Å². The minimum atomic E-state index is 0.669. The van der Waals surface area contributed by atoms with E-state index >= 15 is 0 Å². The molecule has 5 heteroatoms. The third-order valence-corrected chi connectivity index (χ3v) is 4.09. The summed E-state index contributed by atoms with van der Waals surface area (Å²) in [7, 11) is 0. The zero-order valence-electron chi connectivity index (χ0n) is 8.13. The zero-order chi connectivity index (χ0) is 10.6. The van der Waals surface area contributed by atoms with Gasteiger partial charge in [0.2, 0.25) is 0 Å². The van der Waals surface area contributed by atoms with Gasteiger partial charge in [-0.1, -0.05) is 25.4 Å². The summed E-state index contributed by atoms with van der Waals surface area (Å²) in [5.74, 6) is 0. The van der Waals surface area contributed by atoms with Crippen LogP contribution in [0, 0.1) is 0 Å². The molecule has 0 amide bonds. The van der Waals surface area contributed by atoms with Gasteiger partial charge < -0.3 is 0 Å². The molecule has 0 aliphatic carbocycles. The van der Waals surface area contributed by atoms with Crippen LogP contribution in [-0.4, -0.2) is 22.4 Å². The molecule has 1 aromatic rings. The second-order valence-corrected chi connectivity index (χ2v) is 4.97. The van der Waals surface area contributed by atoms with Crippen molar-refractivity contribution in [2.24, 2.45) is 0 Å². The third-order valence-electron chi connectivity index (χ3n) is 1.71.